The molecule has 1 aromatic carbocycles. The summed E-state index contributed by atoms with van der Waals surface area (Å²) in [5.41, 5.74) is 5.14. The van der Waals surface area contributed by atoms with E-state index < -0.39 is 8.07 Å². The maximum absolute atomic E-state index is 11.5. The molecule has 0 atom stereocenters. The number of carbonyl (C=O) groups is 1. The topological polar surface area (TPSA) is 29.1 Å². The van der Waals surface area contributed by atoms with Crippen molar-refractivity contribution in [2.75, 3.05) is 5.32 Å². The Morgan fingerprint density at radius 1 is 1.17 bits per heavy atom. The summed E-state index contributed by atoms with van der Waals surface area (Å²) >= 11 is 0. The minimum absolute atomic E-state index is 0.00337. The largest absolute Gasteiger partial charge is 0.326 e. The van der Waals surface area contributed by atoms with E-state index in [-0.39, 0.29) is 11.8 Å². The van der Waals surface area contributed by atoms with Gasteiger partial charge in [-0.25, -0.2) is 0 Å². The van der Waals surface area contributed by atoms with E-state index in [1.54, 1.807) is 0 Å². The zero-order valence-electron chi connectivity index (χ0n) is 11.8. The predicted molar refractivity (Wildman–Crippen MR) is 80.1 cm³/mol. The normalized spacial score (nSPS) is 10.8. The van der Waals surface area contributed by atoms with E-state index in [0.29, 0.717) is 0 Å². The molecule has 0 aromatic heterocycles. The molecule has 0 aliphatic heterocycles. The lowest BCUT2D eigenvalue weighted by Gasteiger charge is -2.07. The summed E-state index contributed by atoms with van der Waals surface area (Å²) in [7, 11) is -1.33. The molecule has 96 valence electrons. The van der Waals surface area contributed by atoms with E-state index in [1.807, 2.05) is 38.1 Å². The Balaban J connectivity index is 2.74. The van der Waals surface area contributed by atoms with Gasteiger partial charge in [-0.05, 0) is 24.3 Å². The highest BCUT2D eigenvalue weighted by Crippen LogP contribution is 2.10. The van der Waals surface area contributed by atoms with Crippen LogP contribution in [0.15, 0.2) is 24.3 Å². The van der Waals surface area contributed by atoms with E-state index in [2.05, 4.69) is 36.4 Å². The van der Waals surface area contributed by atoms with Gasteiger partial charge >= 0.3 is 0 Å². The first-order valence-electron chi connectivity index (χ1n) is 6.22. The number of amides is 1. The van der Waals surface area contributed by atoms with Gasteiger partial charge in [-0.3, -0.25) is 4.79 Å². The van der Waals surface area contributed by atoms with E-state index in [4.69, 9.17) is 0 Å². The van der Waals surface area contributed by atoms with Crippen molar-refractivity contribution in [1.82, 2.24) is 0 Å². The summed E-state index contributed by atoms with van der Waals surface area (Å²) in [6.07, 6.45) is 0. The molecule has 3 heteroatoms. The lowest BCUT2D eigenvalue weighted by Crippen LogP contribution is -2.17. The first-order valence-corrected chi connectivity index (χ1v) is 9.72. The Bertz CT molecular complexity index is 472. The molecule has 0 saturated heterocycles. The van der Waals surface area contributed by atoms with Crippen molar-refractivity contribution in [1.29, 1.82) is 0 Å². The monoisotopic (exact) mass is 259 g/mol. The van der Waals surface area contributed by atoms with E-state index in [9.17, 15) is 4.79 Å². The maximum Gasteiger partial charge on any atom is 0.226 e. The highest BCUT2D eigenvalue weighted by atomic mass is 28.3. The Morgan fingerprint density at radius 3 is 2.17 bits per heavy atom. The van der Waals surface area contributed by atoms with Crippen LogP contribution in [0, 0.1) is 17.4 Å². The molecule has 1 rings (SSSR count). The predicted octanol–water partition coefficient (Wildman–Crippen LogP) is 3.51. The lowest BCUT2D eigenvalue weighted by atomic mass is 10.2. The molecule has 1 N–H and O–H groups in total. The minimum Gasteiger partial charge on any atom is -0.326 e. The van der Waals surface area contributed by atoms with E-state index >= 15 is 0 Å². The van der Waals surface area contributed by atoms with Crippen LogP contribution >= 0.6 is 0 Å². The number of nitrogens with one attached hydrogen (secondary N) is 1. The molecule has 0 aliphatic rings. The fraction of sp³-hybridized carbons (Fsp3) is 0.400. The van der Waals surface area contributed by atoms with Crippen molar-refractivity contribution in [3.8, 4) is 11.5 Å². The second-order valence-corrected chi connectivity index (χ2v) is 10.5. The summed E-state index contributed by atoms with van der Waals surface area (Å²) in [4.78, 5) is 11.5. The van der Waals surface area contributed by atoms with Crippen LogP contribution in [0.2, 0.25) is 19.6 Å². The molecular formula is C15H21NOSi. The summed E-state index contributed by atoms with van der Waals surface area (Å²) in [5.74, 6) is 3.22. The number of anilines is 1. The molecule has 0 bridgehead atoms. The highest BCUT2D eigenvalue weighted by molar-refractivity contribution is 6.83. The van der Waals surface area contributed by atoms with Gasteiger partial charge in [-0.15, -0.1) is 5.54 Å². The molecule has 0 fully saturated rings. The molecular weight excluding hydrogens is 238 g/mol. The SMILES string of the molecule is CC(C)C(=O)Nc1ccc(C#C[Si](C)(C)C)cc1. The third-order valence-corrected chi connectivity index (χ3v) is 3.13. The van der Waals surface area contributed by atoms with Gasteiger partial charge in [0.2, 0.25) is 5.91 Å². The third kappa shape index (κ3) is 5.20. The number of hydrogen-bond acceptors (Lipinski definition) is 1. The third-order valence-electron chi connectivity index (χ3n) is 2.26. The summed E-state index contributed by atoms with van der Waals surface area (Å²) in [6, 6.07) is 7.69. The summed E-state index contributed by atoms with van der Waals surface area (Å²) in [6.45, 7) is 10.4. The van der Waals surface area contributed by atoms with Gasteiger partial charge in [0.25, 0.3) is 0 Å². The first-order chi connectivity index (χ1) is 8.28. The molecule has 1 amide bonds. The molecule has 2 nitrogen and oxygen atoms in total. The Hall–Kier alpha value is -1.53. The van der Waals surface area contributed by atoms with Gasteiger partial charge < -0.3 is 5.32 Å². The average molecular weight is 259 g/mol. The molecule has 18 heavy (non-hydrogen) atoms. The Labute approximate surface area is 111 Å². The van der Waals surface area contributed by atoms with Gasteiger partial charge in [-0.2, -0.15) is 0 Å². The standard InChI is InChI=1S/C15H21NOSi/c1-12(2)15(17)16-14-8-6-13(7-9-14)10-11-18(3,4)5/h6-9,12H,1-5H3,(H,16,17). The molecule has 0 aliphatic carbocycles. The number of hydrogen-bond donors (Lipinski definition) is 1. The van der Waals surface area contributed by atoms with Gasteiger partial charge in [0, 0.05) is 17.2 Å². The van der Waals surface area contributed by atoms with Crippen molar-refractivity contribution in [3.05, 3.63) is 29.8 Å². The first kappa shape index (κ1) is 14.5. The van der Waals surface area contributed by atoms with Crippen molar-refractivity contribution >= 4 is 19.7 Å². The Morgan fingerprint density at radius 2 is 1.72 bits per heavy atom. The van der Waals surface area contributed by atoms with Gasteiger partial charge in [-0.1, -0.05) is 39.4 Å². The quantitative estimate of drug-likeness (QED) is 0.639. The Kier molecular flexibility index (Phi) is 4.74. The number of carbonyl (C=O) groups excluding carboxylic acids is 1. The fourth-order valence-corrected chi connectivity index (χ4v) is 1.70. The van der Waals surface area contributed by atoms with Gasteiger partial charge in [0.15, 0.2) is 0 Å². The molecule has 1 aromatic rings. The second kappa shape index (κ2) is 5.88. The van der Waals surface area contributed by atoms with Crippen LogP contribution < -0.4 is 5.32 Å². The molecule has 0 radical (unpaired) electrons. The smallest absolute Gasteiger partial charge is 0.226 e. The summed E-state index contributed by atoms with van der Waals surface area (Å²) < 4.78 is 0. The summed E-state index contributed by atoms with van der Waals surface area (Å²) in [5, 5.41) is 2.86. The van der Waals surface area contributed by atoms with Crippen molar-refractivity contribution in [2.45, 2.75) is 33.5 Å². The van der Waals surface area contributed by atoms with Gasteiger partial charge in [0.1, 0.15) is 8.07 Å². The van der Waals surface area contributed by atoms with Crippen molar-refractivity contribution in [3.63, 3.8) is 0 Å². The van der Waals surface area contributed by atoms with Crippen LogP contribution in [0.5, 0.6) is 0 Å². The zero-order chi connectivity index (χ0) is 13.8. The van der Waals surface area contributed by atoms with E-state index in [0.717, 1.165) is 11.3 Å². The van der Waals surface area contributed by atoms with Crippen LogP contribution in [0.25, 0.3) is 0 Å². The second-order valence-electron chi connectivity index (χ2n) is 5.72. The maximum atomic E-state index is 11.5. The van der Waals surface area contributed by atoms with Gasteiger partial charge in [0.05, 0.1) is 0 Å². The molecule has 0 heterocycles. The highest BCUT2D eigenvalue weighted by Gasteiger charge is 2.08. The van der Waals surface area contributed by atoms with Crippen LogP contribution in [0.3, 0.4) is 0 Å². The van der Waals surface area contributed by atoms with Crippen LogP contribution in [0.1, 0.15) is 19.4 Å². The zero-order valence-corrected chi connectivity index (χ0v) is 12.8. The molecule has 0 saturated carbocycles. The van der Waals surface area contributed by atoms with Crippen molar-refractivity contribution < 1.29 is 4.79 Å². The van der Waals surface area contributed by atoms with Crippen LogP contribution in [-0.4, -0.2) is 14.0 Å². The molecule has 0 unspecified atom stereocenters. The van der Waals surface area contributed by atoms with Crippen LogP contribution in [0.4, 0.5) is 5.69 Å². The number of rotatable bonds is 2. The number of benzene rings is 1. The van der Waals surface area contributed by atoms with E-state index in [1.165, 1.54) is 0 Å². The lowest BCUT2D eigenvalue weighted by molar-refractivity contribution is -0.118. The molecule has 0 spiro atoms. The fourth-order valence-electron chi connectivity index (χ4n) is 1.18. The van der Waals surface area contributed by atoms with Crippen molar-refractivity contribution in [2.24, 2.45) is 5.92 Å². The average Bonchev–Trinajstić information content (AvgIpc) is 2.27. The van der Waals surface area contributed by atoms with Crippen LogP contribution in [-0.2, 0) is 4.79 Å². The minimum atomic E-state index is -1.33.